The zero-order valence-corrected chi connectivity index (χ0v) is 17.7. The molecule has 31 heavy (non-hydrogen) atoms. The Morgan fingerprint density at radius 3 is 2.32 bits per heavy atom. The SMILES string of the molecule is Cc1ccc(NC(=O)NC[C@H]2O[C@@H](CC(=O)N(C)Cc3ccccc3)[C@H](O)[C@@H]2O)cc1. The molecule has 1 fully saturated rings. The minimum atomic E-state index is -1.21. The number of amides is 3. The molecule has 0 unspecified atom stereocenters. The lowest BCUT2D eigenvalue weighted by molar-refractivity contribution is -0.134. The van der Waals surface area contributed by atoms with Crippen LogP contribution in [0.3, 0.4) is 0 Å². The van der Waals surface area contributed by atoms with E-state index in [2.05, 4.69) is 10.6 Å². The number of hydrogen-bond donors (Lipinski definition) is 4. The molecule has 0 aromatic heterocycles. The van der Waals surface area contributed by atoms with Gasteiger partial charge in [-0.1, -0.05) is 48.0 Å². The van der Waals surface area contributed by atoms with Crippen molar-refractivity contribution in [2.75, 3.05) is 18.9 Å². The van der Waals surface area contributed by atoms with Crippen molar-refractivity contribution in [3.8, 4) is 0 Å². The maximum atomic E-state index is 12.5. The van der Waals surface area contributed by atoms with E-state index in [1.54, 1.807) is 24.1 Å². The van der Waals surface area contributed by atoms with Crippen molar-refractivity contribution < 1.29 is 24.5 Å². The molecule has 3 amide bonds. The Balaban J connectivity index is 1.47. The summed E-state index contributed by atoms with van der Waals surface area (Å²) < 4.78 is 5.68. The smallest absolute Gasteiger partial charge is 0.319 e. The number of carbonyl (C=O) groups excluding carboxylic acids is 2. The second-order valence-corrected chi connectivity index (χ2v) is 7.83. The number of anilines is 1. The van der Waals surface area contributed by atoms with Crippen molar-refractivity contribution in [1.82, 2.24) is 10.2 Å². The summed E-state index contributed by atoms with van der Waals surface area (Å²) in [5.74, 6) is -0.203. The van der Waals surface area contributed by atoms with Gasteiger partial charge in [0.2, 0.25) is 5.91 Å². The van der Waals surface area contributed by atoms with Gasteiger partial charge in [-0.2, -0.15) is 0 Å². The Hall–Kier alpha value is -2.94. The first-order chi connectivity index (χ1) is 14.8. The summed E-state index contributed by atoms with van der Waals surface area (Å²) in [6.07, 6.45) is -4.12. The number of nitrogens with zero attached hydrogens (tertiary/aromatic N) is 1. The number of aliphatic hydroxyl groups excluding tert-OH is 2. The van der Waals surface area contributed by atoms with Crippen molar-refractivity contribution in [3.05, 3.63) is 65.7 Å². The Morgan fingerprint density at radius 2 is 1.65 bits per heavy atom. The maximum absolute atomic E-state index is 12.5. The number of benzene rings is 2. The van der Waals surface area contributed by atoms with Gasteiger partial charge in [0.15, 0.2) is 0 Å². The Labute approximate surface area is 181 Å². The largest absolute Gasteiger partial charge is 0.388 e. The third kappa shape index (κ3) is 6.27. The summed E-state index contributed by atoms with van der Waals surface area (Å²) in [5, 5.41) is 25.9. The van der Waals surface area contributed by atoms with Crippen LogP contribution in [0.15, 0.2) is 54.6 Å². The van der Waals surface area contributed by atoms with Crippen LogP contribution in [-0.2, 0) is 16.1 Å². The summed E-state index contributed by atoms with van der Waals surface area (Å²) in [4.78, 5) is 26.2. The molecule has 0 radical (unpaired) electrons. The predicted molar refractivity (Wildman–Crippen MR) is 116 cm³/mol. The lowest BCUT2D eigenvalue weighted by Crippen LogP contribution is -2.41. The van der Waals surface area contributed by atoms with E-state index in [9.17, 15) is 19.8 Å². The number of rotatable bonds is 7. The first kappa shape index (κ1) is 22.7. The average molecular weight is 428 g/mol. The number of hydrogen-bond acceptors (Lipinski definition) is 5. The number of nitrogens with one attached hydrogen (secondary N) is 2. The highest BCUT2D eigenvalue weighted by Crippen LogP contribution is 2.24. The third-order valence-corrected chi connectivity index (χ3v) is 5.30. The summed E-state index contributed by atoms with van der Waals surface area (Å²) in [5.41, 5.74) is 2.71. The maximum Gasteiger partial charge on any atom is 0.319 e. The lowest BCUT2D eigenvalue weighted by Gasteiger charge is -2.21. The van der Waals surface area contributed by atoms with E-state index < -0.39 is 30.4 Å². The summed E-state index contributed by atoms with van der Waals surface area (Å²) in [6.45, 7) is 2.39. The van der Waals surface area contributed by atoms with Crippen molar-refractivity contribution >= 4 is 17.6 Å². The molecule has 0 aliphatic carbocycles. The number of aryl methyl sites for hydroxylation is 1. The summed E-state index contributed by atoms with van der Waals surface area (Å²) in [7, 11) is 1.68. The molecule has 1 heterocycles. The lowest BCUT2D eigenvalue weighted by atomic mass is 10.0. The fourth-order valence-electron chi connectivity index (χ4n) is 3.44. The molecular weight excluding hydrogens is 398 g/mol. The van der Waals surface area contributed by atoms with Crippen LogP contribution in [0.5, 0.6) is 0 Å². The predicted octanol–water partition coefficient (Wildman–Crippen LogP) is 1.65. The number of ether oxygens (including phenoxy) is 1. The van der Waals surface area contributed by atoms with Crippen molar-refractivity contribution in [2.24, 2.45) is 0 Å². The van der Waals surface area contributed by atoms with Crippen LogP contribution in [0.4, 0.5) is 10.5 Å². The van der Waals surface area contributed by atoms with Crippen molar-refractivity contribution in [3.63, 3.8) is 0 Å². The minimum Gasteiger partial charge on any atom is -0.388 e. The quantitative estimate of drug-likeness (QED) is 0.537. The monoisotopic (exact) mass is 427 g/mol. The van der Waals surface area contributed by atoms with E-state index in [1.165, 1.54) is 0 Å². The average Bonchev–Trinajstić information content (AvgIpc) is 3.02. The van der Waals surface area contributed by atoms with Gasteiger partial charge in [-0.05, 0) is 24.6 Å². The molecule has 166 valence electrons. The van der Waals surface area contributed by atoms with Gasteiger partial charge < -0.3 is 30.5 Å². The molecule has 4 atom stereocenters. The molecule has 2 aromatic rings. The molecule has 1 saturated heterocycles. The standard InChI is InChI=1S/C23H29N3O5/c1-15-8-10-17(11-9-15)25-23(30)24-13-19-22(29)21(28)18(31-19)12-20(27)26(2)14-16-6-4-3-5-7-16/h3-11,18-19,21-22,28-29H,12-14H2,1-2H3,(H2,24,25,30)/t18-,19+,21-,22+/m0/s1. The van der Waals surface area contributed by atoms with Crippen LogP contribution in [0, 0.1) is 6.92 Å². The topological polar surface area (TPSA) is 111 Å². The van der Waals surface area contributed by atoms with E-state index in [0.717, 1.165) is 11.1 Å². The Morgan fingerprint density at radius 1 is 1.00 bits per heavy atom. The molecule has 8 nitrogen and oxygen atoms in total. The third-order valence-electron chi connectivity index (χ3n) is 5.30. The van der Waals surface area contributed by atoms with E-state index in [0.29, 0.717) is 12.2 Å². The van der Waals surface area contributed by atoms with Crippen LogP contribution in [0.25, 0.3) is 0 Å². The molecule has 4 N–H and O–H groups in total. The second-order valence-electron chi connectivity index (χ2n) is 7.83. The van der Waals surface area contributed by atoms with E-state index in [4.69, 9.17) is 4.74 Å². The van der Waals surface area contributed by atoms with Crippen LogP contribution in [0.2, 0.25) is 0 Å². The second kappa shape index (κ2) is 10.4. The van der Waals surface area contributed by atoms with Gasteiger partial charge in [-0.3, -0.25) is 4.79 Å². The summed E-state index contributed by atoms with van der Waals surface area (Å²) >= 11 is 0. The molecule has 0 saturated carbocycles. The highest BCUT2D eigenvalue weighted by atomic mass is 16.5. The van der Waals surface area contributed by atoms with Gasteiger partial charge in [-0.25, -0.2) is 4.79 Å². The fraction of sp³-hybridized carbons (Fsp3) is 0.391. The molecule has 1 aliphatic heterocycles. The van der Waals surface area contributed by atoms with Crippen LogP contribution < -0.4 is 10.6 Å². The van der Waals surface area contributed by atoms with Gasteiger partial charge >= 0.3 is 6.03 Å². The van der Waals surface area contributed by atoms with Crippen molar-refractivity contribution in [2.45, 2.75) is 44.3 Å². The van der Waals surface area contributed by atoms with Gasteiger partial charge in [0.1, 0.15) is 18.3 Å². The molecule has 1 aliphatic rings. The zero-order chi connectivity index (χ0) is 22.4. The van der Waals surface area contributed by atoms with Crippen LogP contribution >= 0.6 is 0 Å². The van der Waals surface area contributed by atoms with E-state index in [1.807, 2.05) is 49.4 Å². The van der Waals surface area contributed by atoms with Crippen LogP contribution in [-0.4, -0.2) is 65.1 Å². The van der Waals surface area contributed by atoms with Gasteiger partial charge in [-0.15, -0.1) is 0 Å². The number of carbonyl (C=O) groups is 2. The van der Waals surface area contributed by atoms with Gasteiger partial charge in [0.25, 0.3) is 0 Å². The molecule has 8 heteroatoms. The molecule has 0 spiro atoms. The number of aliphatic hydroxyl groups is 2. The van der Waals surface area contributed by atoms with Gasteiger partial charge in [0, 0.05) is 25.8 Å². The number of urea groups is 1. The Kier molecular flexibility index (Phi) is 7.62. The first-order valence-corrected chi connectivity index (χ1v) is 10.2. The van der Waals surface area contributed by atoms with Gasteiger partial charge in [0.05, 0.1) is 12.5 Å². The first-order valence-electron chi connectivity index (χ1n) is 10.2. The normalized spacial score (nSPS) is 22.7. The highest BCUT2D eigenvalue weighted by Gasteiger charge is 2.43. The molecule has 2 aromatic carbocycles. The Bertz CT molecular complexity index is 875. The van der Waals surface area contributed by atoms with Crippen molar-refractivity contribution in [1.29, 1.82) is 0 Å². The minimum absolute atomic E-state index is 0.000463. The van der Waals surface area contributed by atoms with E-state index >= 15 is 0 Å². The molecule has 0 bridgehead atoms. The summed E-state index contributed by atoms with van der Waals surface area (Å²) in [6, 6.07) is 16.5. The zero-order valence-electron chi connectivity index (χ0n) is 17.7. The molecular formula is C23H29N3O5. The van der Waals surface area contributed by atoms with Crippen LogP contribution in [0.1, 0.15) is 17.5 Å². The fourth-order valence-corrected chi connectivity index (χ4v) is 3.44. The highest BCUT2D eigenvalue weighted by molar-refractivity contribution is 5.89. The molecule has 3 rings (SSSR count). The van der Waals surface area contributed by atoms with E-state index in [-0.39, 0.29) is 18.9 Å².